The number of amides is 1. The molecule has 0 bridgehead atoms. The molecule has 32 heavy (non-hydrogen) atoms. The monoisotopic (exact) mass is 451 g/mol. The minimum atomic E-state index is -1.95. The number of benzene rings is 3. The summed E-state index contributed by atoms with van der Waals surface area (Å²) in [6, 6.07) is 20.5. The Balaban J connectivity index is 1.53. The molecule has 0 saturated heterocycles. The third-order valence-electron chi connectivity index (χ3n) is 5.44. The zero-order valence-electron chi connectivity index (χ0n) is 17.5. The number of hydrogen-bond acceptors (Lipinski definition) is 5. The van der Waals surface area contributed by atoms with Crippen molar-refractivity contribution in [3.8, 4) is 11.5 Å². The average Bonchev–Trinajstić information content (AvgIpc) is 3.02. The van der Waals surface area contributed by atoms with Crippen molar-refractivity contribution in [3.63, 3.8) is 0 Å². The average molecular weight is 452 g/mol. The van der Waals surface area contributed by atoms with Crippen LogP contribution in [0.1, 0.15) is 22.3 Å². The van der Waals surface area contributed by atoms with Crippen molar-refractivity contribution in [1.29, 1.82) is 0 Å². The van der Waals surface area contributed by atoms with Crippen LogP contribution >= 0.6 is 11.6 Å². The third-order valence-corrected chi connectivity index (χ3v) is 5.70. The predicted octanol–water partition coefficient (Wildman–Crippen LogP) is 4.23. The van der Waals surface area contributed by atoms with Gasteiger partial charge in [0.1, 0.15) is 18.1 Å². The molecule has 1 heterocycles. The highest BCUT2D eigenvalue weighted by molar-refractivity contribution is 6.30. The van der Waals surface area contributed by atoms with E-state index in [-0.39, 0.29) is 25.4 Å². The Morgan fingerprint density at radius 2 is 1.78 bits per heavy atom. The van der Waals surface area contributed by atoms with Crippen LogP contribution in [-0.4, -0.2) is 37.1 Å². The number of hydrogen-bond donors (Lipinski definition) is 1. The maximum absolute atomic E-state index is 13.3. The summed E-state index contributed by atoms with van der Waals surface area (Å²) in [4.78, 5) is 27.7. The van der Waals surface area contributed by atoms with Crippen molar-refractivity contribution in [3.05, 3.63) is 88.9 Å². The lowest BCUT2D eigenvalue weighted by Gasteiger charge is -2.23. The van der Waals surface area contributed by atoms with Crippen LogP contribution in [0.15, 0.2) is 72.8 Å². The summed E-state index contributed by atoms with van der Waals surface area (Å²) in [5, 5.41) is 12.0. The minimum Gasteiger partial charge on any atom is -0.497 e. The molecule has 1 N–H and O–H groups in total. The first kappa shape index (κ1) is 21.9. The van der Waals surface area contributed by atoms with Gasteiger partial charge in [-0.05, 0) is 42.5 Å². The molecule has 0 aromatic heterocycles. The summed E-state index contributed by atoms with van der Waals surface area (Å²) in [5.74, 6) is 0.253. The molecule has 3 aromatic rings. The number of ether oxygens (including phenoxy) is 2. The van der Waals surface area contributed by atoms with Crippen LogP contribution in [0.5, 0.6) is 11.5 Å². The standard InChI is InChI=1S/C25H22ClNO5/c1-31-20-6-4-5-17(15-20)23(28)16-25(30)21-7-2-3-8-22(21)27(24(25)29)13-14-32-19-11-9-18(26)10-12-19/h2-12,15,30H,13-14,16H2,1H3/t25-/m1/s1. The van der Waals surface area contributed by atoms with Crippen molar-refractivity contribution < 1.29 is 24.2 Å². The van der Waals surface area contributed by atoms with Gasteiger partial charge >= 0.3 is 0 Å². The van der Waals surface area contributed by atoms with Crippen molar-refractivity contribution in [2.45, 2.75) is 12.0 Å². The van der Waals surface area contributed by atoms with E-state index in [1.807, 2.05) is 0 Å². The number of methoxy groups -OCH3 is 1. The topological polar surface area (TPSA) is 76.1 Å². The normalized spacial score (nSPS) is 17.2. The highest BCUT2D eigenvalue weighted by Crippen LogP contribution is 2.42. The van der Waals surface area contributed by atoms with Crippen LogP contribution in [0, 0.1) is 0 Å². The number of aliphatic hydroxyl groups is 1. The quantitative estimate of drug-likeness (QED) is 0.518. The van der Waals surface area contributed by atoms with Crippen molar-refractivity contribution >= 4 is 29.0 Å². The molecule has 6 nitrogen and oxygen atoms in total. The van der Waals surface area contributed by atoms with Crippen LogP contribution in [0.25, 0.3) is 0 Å². The molecule has 4 rings (SSSR count). The second kappa shape index (κ2) is 9.02. The molecule has 0 fully saturated rings. The maximum Gasteiger partial charge on any atom is 0.264 e. The fourth-order valence-electron chi connectivity index (χ4n) is 3.82. The van der Waals surface area contributed by atoms with E-state index in [0.29, 0.717) is 33.3 Å². The minimum absolute atomic E-state index is 0.210. The van der Waals surface area contributed by atoms with Gasteiger partial charge in [-0.2, -0.15) is 0 Å². The van der Waals surface area contributed by atoms with E-state index in [0.717, 1.165) is 0 Å². The first-order chi connectivity index (χ1) is 15.4. The Morgan fingerprint density at radius 1 is 1.03 bits per heavy atom. The molecule has 164 valence electrons. The predicted molar refractivity (Wildman–Crippen MR) is 122 cm³/mol. The van der Waals surface area contributed by atoms with Crippen molar-refractivity contribution in [2.75, 3.05) is 25.2 Å². The first-order valence-corrected chi connectivity index (χ1v) is 10.5. The van der Waals surface area contributed by atoms with E-state index in [2.05, 4.69) is 0 Å². The Labute approximate surface area is 191 Å². The molecule has 7 heteroatoms. The molecule has 1 amide bonds. The van der Waals surface area contributed by atoms with E-state index in [1.165, 1.54) is 12.0 Å². The van der Waals surface area contributed by atoms with Crippen LogP contribution in [0.4, 0.5) is 5.69 Å². The molecule has 0 spiro atoms. The van der Waals surface area contributed by atoms with Crippen LogP contribution in [-0.2, 0) is 10.4 Å². The summed E-state index contributed by atoms with van der Waals surface area (Å²) in [7, 11) is 1.51. The lowest BCUT2D eigenvalue weighted by atomic mass is 9.88. The van der Waals surface area contributed by atoms with Crippen LogP contribution in [0.2, 0.25) is 5.02 Å². The molecule has 3 aromatic carbocycles. The second-order valence-corrected chi connectivity index (χ2v) is 7.90. The number of Topliss-reactive ketones (excluding diaryl/α,β-unsaturated/α-hetero) is 1. The summed E-state index contributed by atoms with van der Waals surface area (Å²) in [6.45, 7) is 0.426. The SMILES string of the molecule is COc1cccc(C(=O)C[C@]2(O)C(=O)N(CCOc3ccc(Cl)cc3)c3ccccc32)c1. The Bertz CT molecular complexity index is 1150. The lowest BCUT2D eigenvalue weighted by molar-refractivity contribution is -0.135. The number of halogens is 1. The number of carbonyl (C=O) groups is 2. The van der Waals surface area contributed by atoms with Crippen molar-refractivity contribution in [2.24, 2.45) is 0 Å². The van der Waals surface area contributed by atoms with Gasteiger partial charge in [-0.3, -0.25) is 9.59 Å². The Hall–Kier alpha value is -3.35. The fraction of sp³-hybridized carbons (Fsp3) is 0.200. The highest BCUT2D eigenvalue weighted by atomic mass is 35.5. The molecule has 0 radical (unpaired) electrons. The molecule has 1 aliphatic heterocycles. The molecule has 1 aliphatic rings. The summed E-state index contributed by atoms with van der Waals surface area (Å²) < 4.78 is 10.9. The van der Waals surface area contributed by atoms with Gasteiger partial charge in [0, 0.05) is 16.1 Å². The Kier molecular flexibility index (Phi) is 6.17. The van der Waals surface area contributed by atoms with Gasteiger partial charge < -0.3 is 19.5 Å². The number of carbonyl (C=O) groups excluding carboxylic acids is 2. The maximum atomic E-state index is 13.3. The number of para-hydroxylation sites is 1. The van der Waals surface area contributed by atoms with E-state index in [1.54, 1.807) is 72.8 Å². The van der Waals surface area contributed by atoms with Gasteiger partial charge in [-0.25, -0.2) is 0 Å². The number of anilines is 1. The van der Waals surface area contributed by atoms with Gasteiger partial charge in [0.15, 0.2) is 11.4 Å². The number of ketones is 1. The van der Waals surface area contributed by atoms with E-state index < -0.39 is 11.5 Å². The molecular weight excluding hydrogens is 430 g/mol. The van der Waals surface area contributed by atoms with Gasteiger partial charge in [0.05, 0.1) is 25.8 Å². The largest absolute Gasteiger partial charge is 0.497 e. The van der Waals surface area contributed by atoms with E-state index in [4.69, 9.17) is 21.1 Å². The summed E-state index contributed by atoms with van der Waals surface area (Å²) >= 11 is 5.89. The molecule has 1 atom stereocenters. The summed E-state index contributed by atoms with van der Waals surface area (Å²) in [6.07, 6.45) is -0.370. The van der Waals surface area contributed by atoms with Crippen LogP contribution in [0.3, 0.4) is 0 Å². The second-order valence-electron chi connectivity index (χ2n) is 7.47. The third kappa shape index (κ3) is 4.20. The molecule has 0 unspecified atom stereocenters. The Morgan fingerprint density at radius 3 is 2.53 bits per heavy atom. The number of nitrogens with zero attached hydrogens (tertiary/aromatic N) is 1. The molecule has 0 aliphatic carbocycles. The fourth-order valence-corrected chi connectivity index (χ4v) is 3.94. The zero-order valence-corrected chi connectivity index (χ0v) is 18.2. The van der Waals surface area contributed by atoms with Gasteiger partial charge in [0.2, 0.25) is 0 Å². The molecular formula is C25H22ClNO5. The van der Waals surface area contributed by atoms with Gasteiger partial charge in [0.25, 0.3) is 5.91 Å². The van der Waals surface area contributed by atoms with E-state index >= 15 is 0 Å². The number of rotatable bonds is 8. The lowest BCUT2D eigenvalue weighted by Crippen LogP contribution is -2.43. The van der Waals surface area contributed by atoms with E-state index in [9.17, 15) is 14.7 Å². The highest BCUT2D eigenvalue weighted by Gasteiger charge is 2.50. The first-order valence-electron chi connectivity index (χ1n) is 10.1. The summed E-state index contributed by atoms with van der Waals surface area (Å²) in [5.41, 5.74) is -0.602. The van der Waals surface area contributed by atoms with Gasteiger partial charge in [-0.1, -0.05) is 41.9 Å². The van der Waals surface area contributed by atoms with Gasteiger partial charge in [-0.15, -0.1) is 0 Å². The van der Waals surface area contributed by atoms with Crippen LogP contribution < -0.4 is 14.4 Å². The number of fused-ring (bicyclic) bond motifs is 1. The van der Waals surface area contributed by atoms with Crippen molar-refractivity contribution in [1.82, 2.24) is 0 Å². The molecule has 0 saturated carbocycles. The zero-order chi connectivity index (χ0) is 22.7. The smallest absolute Gasteiger partial charge is 0.264 e.